The zero-order valence-electron chi connectivity index (χ0n) is 76.5. The lowest BCUT2D eigenvalue weighted by Crippen LogP contribution is -2.64. The summed E-state index contributed by atoms with van der Waals surface area (Å²) in [7, 11) is 0. The zero-order valence-corrected chi connectivity index (χ0v) is 76.5. The van der Waals surface area contributed by atoms with E-state index in [9.17, 15) is 96.5 Å². The number of rotatable bonds is 61. The number of fused-ring (bicyclic) bond motifs is 1. The van der Waals surface area contributed by atoms with Crippen LogP contribution >= 0.6 is 0 Å². The number of carbonyl (C=O) groups excluding carboxylic acids is 16. The van der Waals surface area contributed by atoms with Crippen molar-refractivity contribution in [2.45, 2.75) is 315 Å². The van der Waals surface area contributed by atoms with Gasteiger partial charge in [-0.15, -0.1) is 0 Å². The average Bonchev–Trinajstić information content (AvgIpc) is 1.81. The van der Waals surface area contributed by atoms with E-state index < -0.39 is 246 Å². The Balaban J connectivity index is 2.00. The number of aliphatic carboxylic acids is 2. The molecule has 44 nitrogen and oxygen atoms in total. The number of unbranched alkanes of at least 4 members (excludes halogenated alkanes) is 3. The minimum Gasteiger partial charge on any atom is -0.481 e. The Morgan fingerprint density at radius 1 is 0.465 bits per heavy atom. The van der Waals surface area contributed by atoms with Gasteiger partial charge in [0, 0.05) is 67.6 Å². The molecule has 0 radical (unpaired) electrons. The van der Waals surface area contributed by atoms with Crippen molar-refractivity contribution < 1.29 is 96.5 Å². The van der Waals surface area contributed by atoms with Crippen molar-refractivity contribution in [1.29, 1.82) is 5.41 Å². The Morgan fingerprint density at radius 2 is 0.907 bits per heavy atom. The number of hydrogen-bond donors (Lipinski definition) is 25. The predicted octanol–water partition coefficient (Wildman–Crippen LogP) is -2.12. The fourth-order valence-electron chi connectivity index (χ4n) is 13.4. The quantitative estimate of drug-likeness (QED) is 0.0163. The third-order valence-corrected chi connectivity index (χ3v) is 21.2. The SMILES string of the molecule is CCCC[C@H](NC(=O)[C@H](CC(C)C)NC(=O)[C@H](CCC(N)=O)NC(=O)[C@@H](NC(=O)[C@H](CCC(=O)O)NC(=O)C(C)(C)NC(=O)[C@@H](NC(=O)C(C)(C)N)C(C)C)[C@@H](C)CC)C(=O)N[C@@H](Cc1cnc[nH]1)C(=O)N[C@@H](CCC(N)=O)C(=O)N[C@@H](CCCCNC(=N)N)C(=O)N[C@@H](C)C(=O)N[C@@H](CCCCN)C(=O)N[C@@H](Cc1c[nH]c2ccccc12)C(=O)N[C@@H](CC(C)C)C(=O)O. The molecule has 0 aliphatic rings. The van der Waals surface area contributed by atoms with Crippen molar-refractivity contribution in [2.24, 2.45) is 52.3 Å². The van der Waals surface area contributed by atoms with Gasteiger partial charge in [-0.1, -0.05) is 99.8 Å². The second kappa shape index (κ2) is 54.7. The third kappa shape index (κ3) is 39.8. The molecule has 0 saturated carbocycles. The maximum absolute atomic E-state index is 14.9. The number of aromatic amines is 2. The summed E-state index contributed by atoms with van der Waals surface area (Å²) in [5, 5.41) is 67.2. The van der Waals surface area contributed by atoms with Crippen LogP contribution in [0.5, 0.6) is 0 Å². The molecule has 720 valence electrons. The van der Waals surface area contributed by atoms with Crippen LogP contribution in [0.25, 0.3) is 10.9 Å². The number of carboxylic acids is 2. The van der Waals surface area contributed by atoms with Crippen molar-refractivity contribution in [1.82, 2.24) is 94.7 Å². The lowest BCUT2D eigenvalue weighted by atomic mass is 9.96. The molecule has 14 atom stereocenters. The van der Waals surface area contributed by atoms with Gasteiger partial charge in [0.25, 0.3) is 0 Å². The number of amides is 16. The number of nitrogens with zero attached hydrogens (tertiary/aromatic N) is 1. The van der Waals surface area contributed by atoms with E-state index >= 15 is 0 Å². The summed E-state index contributed by atoms with van der Waals surface area (Å²) < 4.78 is 0. The first-order valence-electron chi connectivity index (χ1n) is 43.8. The first-order chi connectivity index (χ1) is 60.4. The monoisotopic (exact) mass is 1820 g/mol. The van der Waals surface area contributed by atoms with Crippen LogP contribution in [0.4, 0.5) is 0 Å². The van der Waals surface area contributed by atoms with Crippen LogP contribution in [-0.4, -0.2) is 240 Å². The molecule has 2 heterocycles. The predicted molar refractivity (Wildman–Crippen MR) is 476 cm³/mol. The number of hydrogen-bond acceptors (Lipinski definition) is 22. The summed E-state index contributed by atoms with van der Waals surface area (Å²) in [6.07, 6.45) is 2.28. The summed E-state index contributed by atoms with van der Waals surface area (Å²) >= 11 is 0. The second-order valence-electron chi connectivity index (χ2n) is 34.9. The number of nitrogens with two attached hydrogens (primary N) is 5. The number of imidazole rings is 1. The average molecular weight is 1820 g/mol. The molecule has 0 aliphatic heterocycles. The van der Waals surface area contributed by atoms with Gasteiger partial charge in [0.2, 0.25) is 94.5 Å². The Morgan fingerprint density at radius 3 is 1.39 bits per heavy atom. The topological polar surface area (TPSA) is 727 Å². The molecule has 0 fully saturated rings. The fourth-order valence-corrected chi connectivity index (χ4v) is 13.4. The number of guanidine groups is 1. The summed E-state index contributed by atoms with van der Waals surface area (Å²) in [5.41, 5.74) is 26.9. The van der Waals surface area contributed by atoms with Gasteiger partial charge >= 0.3 is 11.9 Å². The number of carbonyl (C=O) groups is 18. The summed E-state index contributed by atoms with van der Waals surface area (Å²) in [5.74, 6) is -19.7. The highest BCUT2D eigenvalue weighted by Gasteiger charge is 2.42. The number of aromatic nitrogens is 3. The number of benzene rings is 1. The van der Waals surface area contributed by atoms with Crippen molar-refractivity contribution >= 4 is 123 Å². The number of carboxylic acid groups (broad SMARTS) is 2. The molecule has 0 unspecified atom stereocenters. The van der Waals surface area contributed by atoms with Crippen molar-refractivity contribution in [2.75, 3.05) is 13.1 Å². The molecule has 0 aliphatic carbocycles. The number of H-pyrrole nitrogens is 2. The smallest absolute Gasteiger partial charge is 0.326 e. The van der Waals surface area contributed by atoms with Crippen molar-refractivity contribution in [3.8, 4) is 0 Å². The Kier molecular flexibility index (Phi) is 47.0. The molecule has 44 heteroatoms. The third-order valence-electron chi connectivity index (χ3n) is 21.2. The highest BCUT2D eigenvalue weighted by Crippen LogP contribution is 2.22. The van der Waals surface area contributed by atoms with E-state index in [1.54, 1.807) is 92.8 Å². The van der Waals surface area contributed by atoms with Crippen LogP contribution in [0.1, 0.15) is 224 Å². The minimum absolute atomic E-state index is 0.0220. The normalized spacial score (nSPS) is 14.8. The van der Waals surface area contributed by atoms with Crippen LogP contribution in [0.2, 0.25) is 0 Å². The van der Waals surface area contributed by atoms with E-state index in [0.717, 1.165) is 10.9 Å². The molecule has 3 aromatic rings. The van der Waals surface area contributed by atoms with Gasteiger partial charge in [-0.3, -0.25) is 86.9 Å². The fraction of sp³-hybridized carbons (Fsp3) is 0.647. The first kappa shape index (κ1) is 111. The Labute approximate surface area is 751 Å². The van der Waals surface area contributed by atoms with Gasteiger partial charge in [0.15, 0.2) is 5.96 Å². The lowest BCUT2D eigenvalue weighted by Gasteiger charge is -2.32. The molecule has 0 spiro atoms. The second-order valence-corrected chi connectivity index (χ2v) is 34.9. The standard InChI is InChI=1S/C85H140N24O20/c1-15-17-25-53(99-75(121)59(37-44(3)4)102-73(119)57(30-33-64(88)111)101-78(124)67(47(9)16-2)107-74(120)58(31-34-65(112)113)106-82(129)85(13,14)109-79(125)66(46(7)8)108-81(128)84(11,12)91)70(116)104-61(40-50-42-92-43-95-50)77(123)100-56(29-32-63(87)110)72(118)98-54(28-21-23-36-93-83(89)90)69(115)96-48(10)68(114)97-55(27-20-22-35-86)71(117)103-60(76(122)105-62(80(126)127)38-45(5)6)39-49-41-94-52-26-19-18-24-51(49)52/h18-19,24,26,41-48,53-62,66-67,94H,15-17,20-23,25,27-40,86,91H2,1-14H3,(H2,87,110)(H2,88,111)(H,92,95)(H,96,115)(H,97,114)(H,98,118)(H,99,121)(H,100,123)(H,101,124)(H,102,119)(H,103,117)(H,104,116)(H,105,122)(H,106,129)(H,107,120)(H,108,128)(H,109,125)(H,112,113)(H,126,127)(H4,89,90,93)/t47-,48-,53-,54-,55-,56-,57-,58-,59-,60-,61-,62-,66-,67-/m0/s1. The Hall–Kier alpha value is -12.4. The van der Waals surface area contributed by atoms with Crippen LogP contribution in [0.3, 0.4) is 0 Å². The molecule has 16 amide bonds. The molecular weight excluding hydrogens is 1680 g/mol. The van der Waals surface area contributed by atoms with Crippen molar-refractivity contribution in [3.05, 3.63) is 54.2 Å². The molecule has 30 N–H and O–H groups in total. The van der Waals surface area contributed by atoms with Crippen LogP contribution < -0.4 is 108 Å². The summed E-state index contributed by atoms with van der Waals surface area (Å²) in [4.78, 5) is 260. The van der Waals surface area contributed by atoms with Crippen LogP contribution in [-0.2, 0) is 99.1 Å². The number of primary amides is 2. The van der Waals surface area contributed by atoms with E-state index in [4.69, 9.17) is 34.1 Å². The lowest BCUT2D eigenvalue weighted by molar-refractivity contribution is -0.143. The highest BCUT2D eigenvalue weighted by atomic mass is 16.4. The van der Waals surface area contributed by atoms with E-state index in [1.807, 2.05) is 0 Å². The van der Waals surface area contributed by atoms with Gasteiger partial charge in [-0.2, -0.15) is 0 Å². The summed E-state index contributed by atoms with van der Waals surface area (Å²) in [6.45, 7) is 22.3. The van der Waals surface area contributed by atoms with Gasteiger partial charge in [0.1, 0.15) is 84.1 Å². The van der Waals surface area contributed by atoms with E-state index in [1.165, 1.54) is 47.1 Å². The largest absolute Gasteiger partial charge is 0.481 e. The Bertz CT molecular complexity index is 4300. The highest BCUT2D eigenvalue weighted by molar-refractivity contribution is 6.02. The van der Waals surface area contributed by atoms with E-state index in [-0.39, 0.29) is 107 Å². The zero-order chi connectivity index (χ0) is 97.3. The molecule has 1 aromatic carbocycles. The maximum Gasteiger partial charge on any atom is 0.326 e. The van der Waals surface area contributed by atoms with Gasteiger partial charge < -0.3 is 129 Å². The van der Waals surface area contributed by atoms with Gasteiger partial charge in [0.05, 0.1) is 11.9 Å². The molecule has 129 heavy (non-hydrogen) atoms. The molecule has 0 bridgehead atoms. The van der Waals surface area contributed by atoms with Crippen molar-refractivity contribution in [3.63, 3.8) is 0 Å². The molecule has 3 rings (SSSR count). The summed E-state index contributed by atoms with van der Waals surface area (Å²) in [6, 6.07) is -12.3. The van der Waals surface area contributed by atoms with Crippen LogP contribution in [0.15, 0.2) is 43.0 Å². The van der Waals surface area contributed by atoms with Gasteiger partial charge in [-0.05, 0) is 154 Å². The van der Waals surface area contributed by atoms with E-state index in [0.29, 0.717) is 24.8 Å². The van der Waals surface area contributed by atoms with E-state index in [2.05, 4.69) is 94.7 Å². The molecule has 2 aromatic heterocycles. The number of para-hydroxylation sites is 1. The van der Waals surface area contributed by atoms with Crippen LogP contribution in [0, 0.1) is 29.1 Å². The number of nitrogens with one attached hydrogen (secondary N) is 18. The molecule has 0 saturated heterocycles. The first-order valence-corrected chi connectivity index (χ1v) is 43.8. The van der Waals surface area contributed by atoms with Gasteiger partial charge in [-0.25, -0.2) is 9.78 Å². The maximum atomic E-state index is 14.9. The molecular formula is C85H140N24O20. The minimum atomic E-state index is -1.83.